The Kier molecular flexibility index (Phi) is 7.75. The number of piperazine rings is 1. The maximum Gasteiger partial charge on any atom is 0.128 e. The molecule has 1 aromatic carbocycles. The lowest BCUT2D eigenvalue weighted by Gasteiger charge is -2.35. The molecule has 2 saturated heterocycles. The fourth-order valence-corrected chi connectivity index (χ4v) is 4.31. The largest absolute Gasteiger partial charge is 0.491 e. The van der Waals surface area contributed by atoms with Gasteiger partial charge in [-0.05, 0) is 42.7 Å². The Bertz CT molecular complexity index is 790. The maximum atomic E-state index is 10.3. The predicted octanol–water partition coefficient (Wildman–Crippen LogP) is 1.60. The van der Waals surface area contributed by atoms with Crippen LogP contribution in [0.2, 0.25) is 0 Å². The third kappa shape index (κ3) is 6.64. The highest BCUT2D eigenvalue weighted by Gasteiger charge is 2.20. The summed E-state index contributed by atoms with van der Waals surface area (Å²) in [6.45, 7) is 7.41. The van der Waals surface area contributed by atoms with Gasteiger partial charge in [0.25, 0.3) is 0 Å². The van der Waals surface area contributed by atoms with E-state index in [9.17, 15) is 10.2 Å². The van der Waals surface area contributed by atoms with Gasteiger partial charge < -0.3 is 24.7 Å². The second kappa shape index (κ2) is 10.9. The molecule has 2 aliphatic heterocycles. The van der Waals surface area contributed by atoms with Crippen LogP contribution in [0.25, 0.3) is 0 Å². The van der Waals surface area contributed by atoms with Crippen LogP contribution in [0.3, 0.4) is 0 Å². The van der Waals surface area contributed by atoms with E-state index in [2.05, 4.69) is 37.9 Å². The molecular formula is C24H34N4O3. The summed E-state index contributed by atoms with van der Waals surface area (Å²) in [4.78, 5) is 11.4. The zero-order valence-corrected chi connectivity index (χ0v) is 18.1. The Morgan fingerprint density at radius 2 is 1.77 bits per heavy atom. The SMILES string of the molecule is OC1CCN(CC(O)COc2cccc(CN3CCN(c4ccccn4)CC3)c2)CC1. The Morgan fingerprint density at radius 3 is 2.52 bits per heavy atom. The quantitative estimate of drug-likeness (QED) is 0.664. The molecule has 168 valence electrons. The van der Waals surface area contributed by atoms with Gasteiger partial charge >= 0.3 is 0 Å². The van der Waals surface area contributed by atoms with Crippen LogP contribution in [0.1, 0.15) is 18.4 Å². The third-order valence-corrected chi connectivity index (χ3v) is 6.12. The summed E-state index contributed by atoms with van der Waals surface area (Å²) in [5.41, 5.74) is 1.23. The number of likely N-dealkylation sites (tertiary alicyclic amines) is 1. The molecule has 2 N–H and O–H groups in total. The van der Waals surface area contributed by atoms with Crippen molar-refractivity contribution in [2.75, 3.05) is 57.3 Å². The summed E-state index contributed by atoms with van der Waals surface area (Å²) < 4.78 is 5.87. The number of aliphatic hydroxyl groups excluding tert-OH is 2. The van der Waals surface area contributed by atoms with E-state index in [1.165, 1.54) is 5.56 Å². The van der Waals surface area contributed by atoms with Crippen LogP contribution in [0, 0.1) is 0 Å². The highest BCUT2D eigenvalue weighted by atomic mass is 16.5. The molecule has 0 aliphatic carbocycles. The van der Waals surface area contributed by atoms with Crippen molar-refractivity contribution in [1.82, 2.24) is 14.8 Å². The van der Waals surface area contributed by atoms with Gasteiger partial charge in [-0.3, -0.25) is 4.90 Å². The Hall–Kier alpha value is -2.19. The number of nitrogens with zero attached hydrogens (tertiary/aromatic N) is 4. The summed E-state index contributed by atoms with van der Waals surface area (Å²) >= 11 is 0. The molecule has 2 fully saturated rings. The van der Waals surface area contributed by atoms with Crippen molar-refractivity contribution in [2.24, 2.45) is 0 Å². The average molecular weight is 427 g/mol. The van der Waals surface area contributed by atoms with Gasteiger partial charge in [-0.25, -0.2) is 4.98 Å². The Balaban J connectivity index is 1.20. The van der Waals surface area contributed by atoms with Crippen molar-refractivity contribution in [1.29, 1.82) is 0 Å². The van der Waals surface area contributed by atoms with Gasteiger partial charge in [-0.1, -0.05) is 18.2 Å². The van der Waals surface area contributed by atoms with Crippen molar-refractivity contribution < 1.29 is 14.9 Å². The van der Waals surface area contributed by atoms with E-state index in [1.807, 2.05) is 30.5 Å². The van der Waals surface area contributed by atoms with Crippen LogP contribution < -0.4 is 9.64 Å². The molecule has 2 aliphatic rings. The number of pyridine rings is 1. The number of β-amino-alcohol motifs (C(OH)–C–C–N with tert-alkyl or cyclic N) is 1. The van der Waals surface area contributed by atoms with Crippen molar-refractivity contribution in [3.05, 3.63) is 54.2 Å². The van der Waals surface area contributed by atoms with E-state index < -0.39 is 6.10 Å². The van der Waals surface area contributed by atoms with Gasteiger partial charge in [-0.2, -0.15) is 0 Å². The maximum absolute atomic E-state index is 10.3. The fraction of sp³-hybridized carbons (Fsp3) is 0.542. The first-order valence-electron chi connectivity index (χ1n) is 11.3. The fourth-order valence-electron chi connectivity index (χ4n) is 4.31. The number of piperidine rings is 1. The molecule has 0 amide bonds. The number of rotatable bonds is 8. The van der Waals surface area contributed by atoms with Crippen molar-refractivity contribution in [3.63, 3.8) is 0 Å². The number of anilines is 1. The third-order valence-electron chi connectivity index (χ3n) is 6.12. The van der Waals surface area contributed by atoms with Gasteiger partial charge in [-0.15, -0.1) is 0 Å². The molecule has 1 unspecified atom stereocenters. The van der Waals surface area contributed by atoms with E-state index in [0.29, 0.717) is 6.54 Å². The number of aliphatic hydroxyl groups is 2. The number of benzene rings is 1. The second-order valence-electron chi connectivity index (χ2n) is 8.60. The minimum absolute atomic E-state index is 0.189. The summed E-state index contributed by atoms with van der Waals surface area (Å²) in [6.07, 6.45) is 2.70. The molecule has 7 heteroatoms. The van der Waals surface area contributed by atoms with E-state index in [0.717, 1.165) is 70.2 Å². The highest BCUT2D eigenvalue weighted by Crippen LogP contribution is 2.18. The summed E-state index contributed by atoms with van der Waals surface area (Å²) in [5.74, 6) is 1.86. The molecule has 2 aromatic rings. The number of aromatic nitrogens is 1. The average Bonchev–Trinajstić information content (AvgIpc) is 2.81. The lowest BCUT2D eigenvalue weighted by atomic mass is 10.1. The first-order valence-corrected chi connectivity index (χ1v) is 11.3. The second-order valence-corrected chi connectivity index (χ2v) is 8.60. The smallest absolute Gasteiger partial charge is 0.128 e. The number of hydrogen-bond acceptors (Lipinski definition) is 7. The molecule has 1 atom stereocenters. The van der Waals surface area contributed by atoms with Crippen molar-refractivity contribution >= 4 is 5.82 Å². The van der Waals surface area contributed by atoms with Crippen molar-refractivity contribution in [3.8, 4) is 5.75 Å². The minimum atomic E-state index is -0.529. The minimum Gasteiger partial charge on any atom is -0.491 e. The zero-order chi connectivity index (χ0) is 21.5. The number of hydrogen-bond donors (Lipinski definition) is 2. The Morgan fingerprint density at radius 1 is 0.968 bits per heavy atom. The van der Waals surface area contributed by atoms with Crippen LogP contribution in [0.4, 0.5) is 5.82 Å². The molecule has 31 heavy (non-hydrogen) atoms. The molecule has 0 saturated carbocycles. The van der Waals surface area contributed by atoms with Gasteiger partial charge in [0.2, 0.25) is 0 Å². The Labute approximate surface area is 184 Å². The summed E-state index contributed by atoms with van der Waals surface area (Å²) in [7, 11) is 0. The van der Waals surface area contributed by atoms with Gasteiger partial charge in [0, 0.05) is 58.6 Å². The van der Waals surface area contributed by atoms with Crippen LogP contribution in [0.15, 0.2) is 48.7 Å². The molecule has 4 rings (SSSR count). The van der Waals surface area contributed by atoms with E-state index in [4.69, 9.17) is 4.74 Å². The van der Waals surface area contributed by atoms with E-state index in [-0.39, 0.29) is 12.7 Å². The monoisotopic (exact) mass is 426 g/mol. The van der Waals surface area contributed by atoms with Gasteiger partial charge in [0.1, 0.15) is 24.3 Å². The van der Waals surface area contributed by atoms with E-state index >= 15 is 0 Å². The molecule has 3 heterocycles. The number of ether oxygens (including phenoxy) is 1. The molecule has 0 spiro atoms. The van der Waals surface area contributed by atoms with Crippen LogP contribution in [0.5, 0.6) is 5.75 Å². The normalized spacial score (nSPS) is 20.0. The molecule has 7 nitrogen and oxygen atoms in total. The standard InChI is InChI=1S/C24H34N4O3/c29-21-7-10-26(11-8-21)18-22(30)19-31-23-5-3-4-20(16-23)17-27-12-14-28(15-13-27)24-6-1-2-9-25-24/h1-6,9,16,21-22,29-30H,7-8,10-15,17-19H2. The highest BCUT2D eigenvalue weighted by molar-refractivity contribution is 5.38. The van der Waals surface area contributed by atoms with Crippen LogP contribution >= 0.6 is 0 Å². The lowest BCUT2D eigenvalue weighted by Crippen LogP contribution is -2.46. The molecule has 1 aromatic heterocycles. The predicted molar refractivity (Wildman–Crippen MR) is 121 cm³/mol. The summed E-state index contributed by atoms with van der Waals surface area (Å²) in [5, 5.41) is 19.9. The van der Waals surface area contributed by atoms with E-state index in [1.54, 1.807) is 0 Å². The zero-order valence-electron chi connectivity index (χ0n) is 18.1. The lowest BCUT2D eigenvalue weighted by molar-refractivity contribution is 0.0337. The van der Waals surface area contributed by atoms with Crippen LogP contribution in [-0.2, 0) is 6.54 Å². The van der Waals surface area contributed by atoms with Gasteiger partial charge in [0.05, 0.1) is 6.10 Å². The molecular weight excluding hydrogens is 392 g/mol. The molecule has 0 radical (unpaired) electrons. The summed E-state index contributed by atoms with van der Waals surface area (Å²) in [6, 6.07) is 14.2. The first-order chi connectivity index (χ1) is 15.2. The first kappa shape index (κ1) is 22.0. The van der Waals surface area contributed by atoms with Gasteiger partial charge in [0.15, 0.2) is 0 Å². The van der Waals surface area contributed by atoms with Crippen LogP contribution in [-0.4, -0.2) is 89.6 Å². The topological polar surface area (TPSA) is 72.3 Å². The molecule has 0 bridgehead atoms. The van der Waals surface area contributed by atoms with Crippen molar-refractivity contribution in [2.45, 2.75) is 31.6 Å².